The molecule has 29 heavy (non-hydrogen) atoms. The Morgan fingerprint density at radius 2 is 2.03 bits per heavy atom. The lowest BCUT2D eigenvalue weighted by molar-refractivity contribution is -0.183. The summed E-state index contributed by atoms with van der Waals surface area (Å²) in [6.07, 6.45) is 1.50. The van der Waals surface area contributed by atoms with Gasteiger partial charge in [-0.15, -0.1) is 0 Å². The summed E-state index contributed by atoms with van der Waals surface area (Å²) in [5, 5.41) is 18.1. The summed E-state index contributed by atoms with van der Waals surface area (Å²) >= 11 is 1.49. The zero-order valence-electron chi connectivity index (χ0n) is 16.5. The molecule has 0 aliphatic carbocycles. The van der Waals surface area contributed by atoms with E-state index >= 15 is 0 Å². The van der Waals surface area contributed by atoms with Gasteiger partial charge in [-0.05, 0) is 29.9 Å². The van der Waals surface area contributed by atoms with Crippen LogP contribution >= 0.6 is 11.3 Å². The van der Waals surface area contributed by atoms with Gasteiger partial charge >= 0.3 is 0 Å². The molecule has 4 rings (SSSR count). The second kappa shape index (κ2) is 9.36. The molecule has 3 heterocycles. The minimum absolute atomic E-state index is 0.147. The van der Waals surface area contributed by atoms with Crippen LogP contribution in [0, 0.1) is 0 Å². The largest absolute Gasteiger partial charge is 0.389 e. The molecule has 0 spiro atoms. The van der Waals surface area contributed by atoms with E-state index in [2.05, 4.69) is 10.2 Å². The third kappa shape index (κ3) is 4.70. The van der Waals surface area contributed by atoms with Gasteiger partial charge in [-0.25, -0.2) is 0 Å². The molecule has 2 aliphatic rings. The molecule has 0 saturated carbocycles. The van der Waals surface area contributed by atoms with Crippen LogP contribution in [0.25, 0.3) is 0 Å². The van der Waals surface area contributed by atoms with Crippen molar-refractivity contribution in [1.82, 2.24) is 10.2 Å². The Hall–Kier alpha value is -1.77. The number of aliphatic hydroxyl groups is 1. The lowest BCUT2D eigenvalue weighted by Crippen LogP contribution is -2.62. The van der Waals surface area contributed by atoms with Crippen molar-refractivity contribution >= 4 is 17.2 Å². The summed E-state index contributed by atoms with van der Waals surface area (Å²) in [7, 11) is 0. The average molecular weight is 417 g/mol. The van der Waals surface area contributed by atoms with E-state index in [1.165, 1.54) is 11.3 Å². The number of hydrogen-bond donors (Lipinski definition) is 2. The number of carbonyl (C=O) groups is 1. The zero-order chi connectivity index (χ0) is 20.1. The van der Waals surface area contributed by atoms with Crippen molar-refractivity contribution in [2.24, 2.45) is 0 Å². The van der Waals surface area contributed by atoms with Crippen molar-refractivity contribution in [2.75, 3.05) is 32.8 Å². The Morgan fingerprint density at radius 3 is 2.72 bits per heavy atom. The number of benzene rings is 1. The van der Waals surface area contributed by atoms with Crippen LogP contribution in [0.1, 0.15) is 35.2 Å². The number of piperidine rings is 1. The molecule has 1 amide bonds. The van der Waals surface area contributed by atoms with Gasteiger partial charge in [0.1, 0.15) is 0 Å². The summed E-state index contributed by atoms with van der Waals surface area (Å²) in [4.78, 5) is 15.1. The smallest absolute Gasteiger partial charge is 0.252 e. The highest BCUT2D eigenvalue weighted by molar-refractivity contribution is 7.08. The van der Waals surface area contributed by atoms with Gasteiger partial charge in [0.25, 0.3) is 5.91 Å². The van der Waals surface area contributed by atoms with Crippen LogP contribution in [-0.4, -0.2) is 61.2 Å². The van der Waals surface area contributed by atoms with Crippen molar-refractivity contribution in [3.05, 3.63) is 58.3 Å². The Kier molecular flexibility index (Phi) is 6.62. The first kappa shape index (κ1) is 20.5. The molecule has 2 atom stereocenters. The van der Waals surface area contributed by atoms with Gasteiger partial charge in [0.15, 0.2) is 6.29 Å². The van der Waals surface area contributed by atoms with Crippen molar-refractivity contribution < 1.29 is 19.4 Å². The number of ether oxygens (including phenoxy) is 2. The number of thiophene rings is 1. The fraction of sp³-hybridized carbons (Fsp3) is 0.500. The number of nitrogens with one attached hydrogen (secondary N) is 1. The van der Waals surface area contributed by atoms with Crippen molar-refractivity contribution in [3.63, 3.8) is 0 Å². The zero-order valence-corrected chi connectivity index (χ0v) is 17.3. The maximum Gasteiger partial charge on any atom is 0.252 e. The number of aliphatic hydroxyl groups excluding tert-OH is 1. The average Bonchev–Trinajstić information content (AvgIpc) is 3.31. The lowest BCUT2D eigenvalue weighted by atomic mass is 9.78. The normalized spacial score (nSPS) is 26.3. The van der Waals surface area contributed by atoms with E-state index in [4.69, 9.17) is 9.47 Å². The summed E-state index contributed by atoms with van der Waals surface area (Å²) in [6, 6.07) is 11.6. The molecule has 2 saturated heterocycles. The lowest BCUT2D eigenvalue weighted by Gasteiger charge is -2.46. The van der Waals surface area contributed by atoms with Gasteiger partial charge in [0, 0.05) is 31.4 Å². The minimum atomic E-state index is -0.797. The number of β-amino-alcohol motifs (C(OH)–C–C–N with tert-alkyl or cyclic N) is 1. The molecule has 6 nitrogen and oxygen atoms in total. The first-order valence-corrected chi connectivity index (χ1v) is 11.2. The summed E-state index contributed by atoms with van der Waals surface area (Å²) in [5.74, 6) is -0.147. The molecule has 7 heteroatoms. The Balaban J connectivity index is 1.46. The standard InChI is InChI=1S/C22H28N2O4S/c25-19-15-24(10-7-20-27-12-4-13-28-20)11-9-22(19,18-5-2-1-3-6-18)23-21(26)17-8-14-29-16-17/h1-3,5-6,8,14,16,19-20,25H,4,7,9-13,15H2,(H,23,26)/t19-,22+/m1/s1. The van der Waals surface area contributed by atoms with Crippen LogP contribution in [0.2, 0.25) is 0 Å². The molecule has 156 valence electrons. The molecule has 2 fully saturated rings. The van der Waals surface area contributed by atoms with Crippen LogP contribution < -0.4 is 5.32 Å². The SMILES string of the molecule is O=C(N[C@]1(c2ccccc2)CCN(CCC2OCCCO2)C[C@H]1O)c1ccsc1. The molecule has 2 N–H and O–H groups in total. The molecule has 1 aromatic carbocycles. The quantitative estimate of drug-likeness (QED) is 0.758. The van der Waals surface area contributed by atoms with Gasteiger partial charge in [-0.1, -0.05) is 30.3 Å². The van der Waals surface area contributed by atoms with E-state index in [1.54, 1.807) is 0 Å². The van der Waals surface area contributed by atoms with Crippen LogP contribution in [0.15, 0.2) is 47.2 Å². The highest BCUT2D eigenvalue weighted by atomic mass is 32.1. The number of carbonyl (C=O) groups excluding carboxylic acids is 1. The molecular weight excluding hydrogens is 388 g/mol. The maximum absolute atomic E-state index is 12.8. The van der Waals surface area contributed by atoms with E-state index < -0.39 is 11.6 Å². The first-order chi connectivity index (χ1) is 14.2. The number of rotatable bonds is 6. The fourth-order valence-electron chi connectivity index (χ4n) is 4.15. The van der Waals surface area contributed by atoms with Crippen molar-refractivity contribution in [2.45, 2.75) is 37.2 Å². The summed E-state index contributed by atoms with van der Waals surface area (Å²) in [5.41, 5.74) is 0.774. The molecule has 0 unspecified atom stereocenters. The molecule has 0 radical (unpaired) electrons. The maximum atomic E-state index is 12.8. The first-order valence-electron chi connectivity index (χ1n) is 10.2. The van der Waals surface area contributed by atoms with Crippen LogP contribution in [0.3, 0.4) is 0 Å². The molecular formula is C22H28N2O4S. The van der Waals surface area contributed by atoms with Crippen LogP contribution in [0.5, 0.6) is 0 Å². The van der Waals surface area contributed by atoms with Gasteiger partial charge < -0.3 is 24.8 Å². The molecule has 1 aromatic heterocycles. The van der Waals surface area contributed by atoms with Gasteiger partial charge in [-0.2, -0.15) is 11.3 Å². The predicted molar refractivity (Wildman–Crippen MR) is 112 cm³/mol. The molecule has 2 aromatic rings. The Bertz CT molecular complexity index is 779. The second-order valence-corrected chi connectivity index (χ2v) is 8.46. The number of amides is 1. The third-order valence-corrected chi connectivity index (χ3v) is 6.49. The van der Waals surface area contributed by atoms with E-state index in [0.29, 0.717) is 18.5 Å². The van der Waals surface area contributed by atoms with E-state index in [1.807, 2.05) is 47.2 Å². The van der Waals surface area contributed by atoms with Crippen molar-refractivity contribution in [3.8, 4) is 0 Å². The number of likely N-dealkylation sites (tertiary alicyclic amines) is 1. The van der Waals surface area contributed by atoms with Gasteiger partial charge in [0.2, 0.25) is 0 Å². The van der Waals surface area contributed by atoms with E-state index in [0.717, 1.165) is 44.7 Å². The molecule has 2 aliphatic heterocycles. The van der Waals surface area contributed by atoms with Crippen LogP contribution in [0.4, 0.5) is 0 Å². The number of nitrogens with zero attached hydrogens (tertiary/aromatic N) is 1. The monoisotopic (exact) mass is 416 g/mol. The van der Waals surface area contributed by atoms with Gasteiger partial charge in [-0.3, -0.25) is 4.79 Å². The highest BCUT2D eigenvalue weighted by Crippen LogP contribution is 2.34. The van der Waals surface area contributed by atoms with Gasteiger partial charge in [0.05, 0.1) is 30.4 Å². The number of hydrogen-bond acceptors (Lipinski definition) is 6. The summed E-state index contributed by atoms with van der Waals surface area (Å²) < 4.78 is 11.3. The van der Waals surface area contributed by atoms with Crippen LogP contribution in [-0.2, 0) is 15.0 Å². The Labute approximate surface area is 175 Å². The second-order valence-electron chi connectivity index (χ2n) is 7.68. The van der Waals surface area contributed by atoms with E-state index in [9.17, 15) is 9.90 Å². The molecule has 0 bridgehead atoms. The third-order valence-electron chi connectivity index (χ3n) is 5.81. The summed E-state index contributed by atoms with van der Waals surface area (Å²) in [6.45, 7) is 3.57. The predicted octanol–water partition coefficient (Wildman–Crippen LogP) is 2.59. The topological polar surface area (TPSA) is 71.0 Å². The minimum Gasteiger partial charge on any atom is -0.389 e. The Morgan fingerprint density at radius 1 is 1.24 bits per heavy atom. The van der Waals surface area contributed by atoms with Crippen molar-refractivity contribution in [1.29, 1.82) is 0 Å². The van der Waals surface area contributed by atoms with E-state index in [-0.39, 0.29) is 12.2 Å². The highest BCUT2D eigenvalue weighted by Gasteiger charge is 2.45. The fourth-order valence-corrected chi connectivity index (χ4v) is 4.78.